The number of hydrogen-bond acceptors (Lipinski definition) is 5. The number of hydrogen-bond donors (Lipinski definition) is 2. The predicted octanol–water partition coefficient (Wildman–Crippen LogP) is 3.09. The van der Waals surface area contributed by atoms with Crippen LogP contribution in [0.5, 0.6) is 5.75 Å². The van der Waals surface area contributed by atoms with E-state index in [0.29, 0.717) is 19.1 Å². The number of anilines is 2. The molecular weight excluding hydrogens is 410 g/mol. The van der Waals surface area contributed by atoms with Crippen LogP contribution >= 0.6 is 11.3 Å². The lowest BCUT2D eigenvalue weighted by Gasteiger charge is -2.33. The van der Waals surface area contributed by atoms with Gasteiger partial charge in [0.1, 0.15) is 5.75 Å². The van der Waals surface area contributed by atoms with E-state index in [2.05, 4.69) is 40.0 Å². The number of carbonyl (C=O) groups excluding carboxylic acids is 1. The van der Waals surface area contributed by atoms with E-state index in [9.17, 15) is 4.79 Å². The second kappa shape index (κ2) is 10.5. The second-order valence-electron chi connectivity index (χ2n) is 7.77. The highest BCUT2D eigenvalue weighted by molar-refractivity contribution is 7.14. The van der Waals surface area contributed by atoms with E-state index in [-0.39, 0.29) is 12.5 Å². The molecule has 8 heteroatoms. The molecule has 2 N–H and O–H groups in total. The third-order valence-corrected chi connectivity index (χ3v) is 6.54. The molecule has 3 heterocycles. The zero-order valence-corrected chi connectivity index (χ0v) is 18.9. The molecule has 4 rings (SSSR count). The molecule has 0 unspecified atom stereocenters. The summed E-state index contributed by atoms with van der Waals surface area (Å²) in [5.74, 6) is 1.64. The van der Waals surface area contributed by atoms with Gasteiger partial charge in [0.2, 0.25) is 0 Å². The van der Waals surface area contributed by atoms with E-state index in [1.54, 1.807) is 0 Å². The van der Waals surface area contributed by atoms with Gasteiger partial charge in [0.25, 0.3) is 5.91 Å². The summed E-state index contributed by atoms with van der Waals surface area (Å²) in [5.41, 5.74) is 0.852. The Morgan fingerprint density at radius 3 is 2.84 bits per heavy atom. The fourth-order valence-corrected chi connectivity index (χ4v) is 4.81. The molecule has 1 aromatic heterocycles. The zero-order valence-electron chi connectivity index (χ0n) is 18.0. The van der Waals surface area contributed by atoms with Crippen molar-refractivity contribution >= 4 is 33.9 Å². The summed E-state index contributed by atoms with van der Waals surface area (Å²) in [5, 5.41) is 10.5. The van der Waals surface area contributed by atoms with Gasteiger partial charge in [-0.3, -0.25) is 9.79 Å². The number of amides is 1. The van der Waals surface area contributed by atoms with Crippen LogP contribution in [-0.4, -0.2) is 57.2 Å². The molecule has 1 amide bonds. The third kappa shape index (κ3) is 5.50. The predicted molar refractivity (Wildman–Crippen MR) is 128 cm³/mol. The summed E-state index contributed by atoms with van der Waals surface area (Å²) in [4.78, 5) is 21.3. The van der Waals surface area contributed by atoms with Gasteiger partial charge in [-0.1, -0.05) is 12.1 Å². The van der Waals surface area contributed by atoms with Crippen molar-refractivity contribution in [2.45, 2.75) is 32.2 Å². The van der Waals surface area contributed by atoms with Crippen molar-refractivity contribution in [1.82, 2.24) is 10.6 Å². The van der Waals surface area contributed by atoms with Crippen LogP contribution in [0.2, 0.25) is 0 Å². The fraction of sp³-hybridized carbons (Fsp3) is 0.478. The first-order valence-corrected chi connectivity index (χ1v) is 12.0. The second-order valence-corrected chi connectivity index (χ2v) is 8.70. The van der Waals surface area contributed by atoms with Crippen LogP contribution in [0.4, 0.5) is 10.7 Å². The van der Waals surface area contributed by atoms with Gasteiger partial charge in [0, 0.05) is 38.8 Å². The molecule has 166 valence electrons. The molecule has 2 aliphatic heterocycles. The highest BCUT2D eigenvalue weighted by Crippen LogP contribution is 2.31. The smallest absolute Gasteiger partial charge is 0.265 e. The summed E-state index contributed by atoms with van der Waals surface area (Å²) < 4.78 is 5.52. The molecule has 0 radical (unpaired) electrons. The van der Waals surface area contributed by atoms with Crippen molar-refractivity contribution in [3.63, 3.8) is 0 Å². The lowest BCUT2D eigenvalue weighted by Crippen LogP contribution is -2.48. The lowest BCUT2D eigenvalue weighted by atomic mass is 10.1. The zero-order chi connectivity index (χ0) is 21.5. The van der Waals surface area contributed by atoms with Crippen molar-refractivity contribution in [3.8, 4) is 5.75 Å². The maximum absolute atomic E-state index is 12.3. The first kappa shape index (κ1) is 21.5. The average Bonchev–Trinajstić information content (AvgIpc) is 3.33. The minimum absolute atomic E-state index is 0.00483. The number of nitrogens with zero attached hydrogens (tertiary/aromatic N) is 3. The number of carbonyl (C=O) groups is 1. The Labute approximate surface area is 188 Å². The first-order chi connectivity index (χ1) is 15.2. The lowest BCUT2D eigenvalue weighted by molar-refractivity contribution is -0.121. The molecule has 0 spiro atoms. The van der Waals surface area contributed by atoms with Gasteiger partial charge in [-0.2, -0.15) is 0 Å². The Balaban J connectivity index is 1.26. The van der Waals surface area contributed by atoms with Crippen molar-refractivity contribution < 1.29 is 9.53 Å². The van der Waals surface area contributed by atoms with Crippen LogP contribution < -0.4 is 25.2 Å². The molecule has 0 bridgehead atoms. The fourth-order valence-electron chi connectivity index (χ4n) is 4.03. The van der Waals surface area contributed by atoms with Crippen LogP contribution in [0.1, 0.15) is 26.2 Å². The van der Waals surface area contributed by atoms with Crippen LogP contribution in [0, 0.1) is 0 Å². The van der Waals surface area contributed by atoms with Crippen molar-refractivity contribution in [2.75, 3.05) is 49.1 Å². The molecule has 1 fully saturated rings. The number of para-hydroxylation sites is 2. The molecule has 0 saturated carbocycles. The van der Waals surface area contributed by atoms with E-state index in [4.69, 9.17) is 9.73 Å². The monoisotopic (exact) mass is 441 g/mol. The number of fused-ring (bicyclic) bond motifs is 1. The minimum atomic E-state index is 0.00483. The van der Waals surface area contributed by atoms with Gasteiger partial charge >= 0.3 is 0 Å². The number of thiophene rings is 1. The number of piperidine rings is 1. The maximum Gasteiger partial charge on any atom is 0.265 e. The largest absolute Gasteiger partial charge is 0.482 e. The summed E-state index contributed by atoms with van der Waals surface area (Å²) in [6.45, 7) is 6.45. The number of benzene rings is 1. The Kier molecular flexibility index (Phi) is 7.30. The van der Waals surface area contributed by atoms with E-state index >= 15 is 0 Å². The average molecular weight is 442 g/mol. The Morgan fingerprint density at radius 1 is 1.23 bits per heavy atom. The van der Waals surface area contributed by atoms with E-state index in [1.807, 2.05) is 40.5 Å². The maximum atomic E-state index is 12.3. The molecule has 0 atom stereocenters. The van der Waals surface area contributed by atoms with Crippen LogP contribution in [0.25, 0.3) is 0 Å². The minimum Gasteiger partial charge on any atom is -0.482 e. The number of ether oxygens (including phenoxy) is 1. The highest BCUT2D eigenvalue weighted by atomic mass is 32.1. The summed E-state index contributed by atoms with van der Waals surface area (Å²) in [7, 11) is 0. The van der Waals surface area contributed by atoms with E-state index < -0.39 is 0 Å². The molecule has 0 aliphatic carbocycles. The van der Waals surface area contributed by atoms with Crippen LogP contribution in [0.15, 0.2) is 46.8 Å². The molecule has 1 aromatic carbocycles. The Morgan fingerprint density at radius 2 is 2.06 bits per heavy atom. The first-order valence-electron chi connectivity index (χ1n) is 11.1. The van der Waals surface area contributed by atoms with Gasteiger partial charge in [-0.25, -0.2) is 0 Å². The molecule has 7 nitrogen and oxygen atoms in total. The van der Waals surface area contributed by atoms with Crippen molar-refractivity contribution in [3.05, 3.63) is 41.8 Å². The summed E-state index contributed by atoms with van der Waals surface area (Å²) in [6, 6.07) is 12.4. The Bertz CT molecular complexity index is 878. The van der Waals surface area contributed by atoms with Crippen LogP contribution in [-0.2, 0) is 4.79 Å². The van der Waals surface area contributed by atoms with Gasteiger partial charge < -0.3 is 25.2 Å². The number of nitrogens with one attached hydrogen (secondary N) is 2. The SMILES string of the molecule is CCNC(=NCCCN1C(=O)COc2ccccc21)NC1CCN(c2cccs2)CC1. The Hall–Kier alpha value is -2.74. The highest BCUT2D eigenvalue weighted by Gasteiger charge is 2.24. The summed E-state index contributed by atoms with van der Waals surface area (Å²) >= 11 is 1.81. The molecule has 2 aromatic rings. The normalized spacial score (nSPS) is 17.3. The summed E-state index contributed by atoms with van der Waals surface area (Å²) in [6.07, 6.45) is 3.00. The van der Waals surface area contributed by atoms with Crippen molar-refractivity contribution in [1.29, 1.82) is 0 Å². The van der Waals surface area contributed by atoms with E-state index in [1.165, 1.54) is 5.00 Å². The van der Waals surface area contributed by atoms with Gasteiger partial charge in [0.15, 0.2) is 12.6 Å². The molecule has 31 heavy (non-hydrogen) atoms. The number of guanidine groups is 1. The molecule has 2 aliphatic rings. The van der Waals surface area contributed by atoms with Crippen molar-refractivity contribution in [2.24, 2.45) is 4.99 Å². The number of rotatable bonds is 7. The number of aliphatic imine (C=N–C) groups is 1. The van der Waals surface area contributed by atoms with Gasteiger partial charge in [-0.15, -0.1) is 11.3 Å². The third-order valence-electron chi connectivity index (χ3n) is 5.62. The topological polar surface area (TPSA) is 69.2 Å². The standard InChI is InChI=1S/C23H31N5O2S/c1-2-24-23(26-18-10-14-27(15-11-18)22-9-5-16-31-22)25-12-6-13-28-19-7-3-4-8-20(19)30-17-21(28)29/h3-5,7-9,16,18H,2,6,10-15,17H2,1H3,(H2,24,25,26). The van der Waals surface area contributed by atoms with E-state index in [0.717, 1.165) is 56.3 Å². The molecular formula is C23H31N5O2S. The van der Waals surface area contributed by atoms with Gasteiger partial charge in [0.05, 0.1) is 10.7 Å². The quantitative estimate of drug-likeness (QED) is 0.393. The molecule has 1 saturated heterocycles. The van der Waals surface area contributed by atoms with Crippen LogP contribution in [0.3, 0.4) is 0 Å². The van der Waals surface area contributed by atoms with Gasteiger partial charge in [-0.05, 0) is 55.8 Å².